The molecule has 0 aromatic heterocycles. The zero-order valence-corrected chi connectivity index (χ0v) is 12.7. The Balaban J connectivity index is 2.07. The highest BCUT2D eigenvalue weighted by molar-refractivity contribution is 6.00. The van der Waals surface area contributed by atoms with Crippen LogP contribution in [0.15, 0.2) is 24.3 Å². The molecule has 1 aromatic carbocycles. The van der Waals surface area contributed by atoms with Crippen molar-refractivity contribution in [1.82, 2.24) is 0 Å². The molecule has 1 aliphatic rings. The van der Waals surface area contributed by atoms with Crippen LogP contribution in [-0.4, -0.2) is 37.6 Å². The second kappa shape index (κ2) is 7.06. The van der Waals surface area contributed by atoms with Gasteiger partial charge in [0, 0.05) is 18.7 Å². The van der Waals surface area contributed by atoms with Crippen LogP contribution in [0.3, 0.4) is 0 Å². The van der Waals surface area contributed by atoms with E-state index in [1.165, 1.54) is 4.90 Å². The van der Waals surface area contributed by atoms with E-state index >= 15 is 0 Å². The summed E-state index contributed by atoms with van der Waals surface area (Å²) in [7, 11) is 0. The zero-order valence-electron chi connectivity index (χ0n) is 12.7. The molecule has 1 saturated heterocycles. The van der Waals surface area contributed by atoms with Crippen LogP contribution in [0.1, 0.15) is 30.6 Å². The first-order valence-corrected chi connectivity index (χ1v) is 7.31. The molecule has 22 heavy (non-hydrogen) atoms. The number of hydrogen-bond acceptors (Lipinski definition) is 5. The summed E-state index contributed by atoms with van der Waals surface area (Å²) in [6.07, 6.45) is 0.151. The van der Waals surface area contributed by atoms with Gasteiger partial charge in [-0.25, -0.2) is 4.79 Å². The standard InChI is InChI=1S/C16H19NO5/c1-3-21-15(19)11-5-7-13(8-6-11)17-10-12(9-14(17)18)16(20)22-4-2/h5-8,12H,3-4,9-10H2,1-2H3/t12-/m1/s1. The Labute approximate surface area is 129 Å². The van der Waals surface area contributed by atoms with E-state index in [9.17, 15) is 14.4 Å². The van der Waals surface area contributed by atoms with E-state index in [0.29, 0.717) is 31.0 Å². The fraction of sp³-hybridized carbons (Fsp3) is 0.438. The highest BCUT2D eigenvalue weighted by Gasteiger charge is 2.36. The van der Waals surface area contributed by atoms with Crippen molar-refractivity contribution in [2.75, 3.05) is 24.7 Å². The number of benzene rings is 1. The Bertz CT molecular complexity index is 566. The van der Waals surface area contributed by atoms with Gasteiger partial charge < -0.3 is 14.4 Å². The maximum absolute atomic E-state index is 12.0. The van der Waals surface area contributed by atoms with Crippen molar-refractivity contribution in [3.63, 3.8) is 0 Å². The van der Waals surface area contributed by atoms with Crippen molar-refractivity contribution in [2.24, 2.45) is 5.92 Å². The van der Waals surface area contributed by atoms with Gasteiger partial charge >= 0.3 is 11.9 Å². The number of amides is 1. The zero-order chi connectivity index (χ0) is 16.1. The molecule has 2 rings (SSSR count). The minimum atomic E-state index is -0.433. The van der Waals surface area contributed by atoms with Gasteiger partial charge in [0.25, 0.3) is 0 Å². The normalized spacial score (nSPS) is 17.5. The van der Waals surface area contributed by atoms with Crippen LogP contribution in [-0.2, 0) is 19.1 Å². The molecule has 0 unspecified atom stereocenters. The first-order valence-electron chi connectivity index (χ1n) is 7.31. The third-order valence-electron chi connectivity index (χ3n) is 3.44. The molecule has 6 nitrogen and oxygen atoms in total. The second-order valence-electron chi connectivity index (χ2n) is 4.92. The van der Waals surface area contributed by atoms with Crippen LogP contribution in [0.25, 0.3) is 0 Å². The minimum absolute atomic E-state index is 0.123. The number of carbonyl (C=O) groups excluding carboxylic acids is 3. The molecule has 0 saturated carbocycles. The van der Waals surface area contributed by atoms with Crippen LogP contribution in [0.4, 0.5) is 5.69 Å². The first-order chi connectivity index (χ1) is 10.6. The summed E-state index contributed by atoms with van der Waals surface area (Å²) in [5.74, 6) is -1.30. The molecular formula is C16H19NO5. The highest BCUT2D eigenvalue weighted by atomic mass is 16.5. The number of anilines is 1. The molecule has 1 aromatic rings. The fourth-order valence-corrected chi connectivity index (χ4v) is 2.37. The Hall–Kier alpha value is -2.37. The van der Waals surface area contributed by atoms with E-state index in [0.717, 1.165) is 0 Å². The summed E-state index contributed by atoms with van der Waals surface area (Å²) in [6.45, 7) is 4.39. The van der Waals surface area contributed by atoms with E-state index in [-0.39, 0.29) is 18.3 Å². The molecular weight excluding hydrogens is 286 g/mol. The van der Waals surface area contributed by atoms with Crippen LogP contribution in [0, 0.1) is 5.92 Å². The van der Waals surface area contributed by atoms with E-state index in [1.54, 1.807) is 38.1 Å². The molecule has 1 heterocycles. The average Bonchev–Trinajstić information content (AvgIpc) is 2.90. The summed E-state index contributed by atoms with van der Waals surface area (Å²) in [6, 6.07) is 6.58. The number of hydrogen-bond donors (Lipinski definition) is 0. The Morgan fingerprint density at radius 1 is 1.14 bits per heavy atom. The van der Waals surface area contributed by atoms with Crippen molar-refractivity contribution in [1.29, 1.82) is 0 Å². The minimum Gasteiger partial charge on any atom is -0.466 e. The molecule has 0 spiro atoms. The predicted molar refractivity (Wildman–Crippen MR) is 79.5 cm³/mol. The molecule has 1 amide bonds. The molecule has 1 atom stereocenters. The van der Waals surface area contributed by atoms with E-state index < -0.39 is 11.9 Å². The summed E-state index contributed by atoms with van der Waals surface area (Å²) in [5.41, 5.74) is 1.09. The second-order valence-corrected chi connectivity index (χ2v) is 4.92. The fourth-order valence-electron chi connectivity index (χ4n) is 2.37. The lowest BCUT2D eigenvalue weighted by Crippen LogP contribution is -2.26. The van der Waals surface area contributed by atoms with Crippen LogP contribution in [0.2, 0.25) is 0 Å². The topological polar surface area (TPSA) is 72.9 Å². The molecule has 118 valence electrons. The number of ether oxygens (including phenoxy) is 2. The maximum Gasteiger partial charge on any atom is 0.338 e. The number of carbonyl (C=O) groups is 3. The molecule has 6 heteroatoms. The molecule has 0 radical (unpaired) electrons. The van der Waals surface area contributed by atoms with Crippen molar-refractivity contribution in [2.45, 2.75) is 20.3 Å². The van der Waals surface area contributed by atoms with Gasteiger partial charge in [0.2, 0.25) is 5.91 Å². The Kier molecular flexibility index (Phi) is 5.14. The summed E-state index contributed by atoms with van der Waals surface area (Å²) in [5, 5.41) is 0. The van der Waals surface area contributed by atoms with Crippen molar-refractivity contribution < 1.29 is 23.9 Å². The van der Waals surface area contributed by atoms with Crippen molar-refractivity contribution in [3.8, 4) is 0 Å². The van der Waals surface area contributed by atoms with Crippen LogP contribution < -0.4 is 4.90 Å². The van der Waals surface area contributed by atoms with E-state index in [2.05, 4.69) is 0 Å². The third kappa shape index (κ3) is 3.44. The molecule has 0 aliphatic carbocycles. The van der Waals surface area contributed by atoms with Gasteiger partial charge in [0.1, 0.15) is 0 Å². The summed E-state index contributed by atoms with van der Waals surface area (Å²) in [4.78, 5) is 36.9. The van der Waals surface area contributed by atoms with Gasteiger partial charge in [-0.05, 0) is 38.1 Å². The smallest absolute Gasteiger partial charge is 0.338 e. The lowest BCUT2D eigenvalue weighted by Gasteiger charge is -2.16. The van der Waals surface area contributed by atoms with E-state index in [4.69, 9.17) is 9.47 Å². The number of rotatable bonds is 5. The average molecular weight is 305 g/mol. The van der Waals surface area contributed by atoms with Gasteiger partial charge in [-0.3, -0.25) is 9.59 Å². The van der Waals surface area contributed by atoms with Crippen LogP contribution >= 0.6 is 0 Å². The highest BCUT2D eigenvalue weighted by Crippen LogP contribution is 2.26. The largest absolute Gasteiger partial charge is 0.466 e. The molecule has 1 aliphatic heterocycles. The van der Waals surface area contributed by atoms with Crippen LogP contribution in [0.5, 0.6) is 0 Å². The maximum atomic E-state index is 12.0. The number of esters is 2. The van der Waals surface area contributed by atoms with Gasteiger partial charge in [-0.15, -0.1) is 0 Å². The van der Waals surface area contributed by atoms with Gasteiger partial charge in [-0.1, -0.05) is 0 Å². The van der Waals surface area contributed by atoms with E-state index in [1.807, 2.05) is 0 Å². The van der Waals surface area contributed by atoms with Crippen molar-refractivity contribution >= 4 is 23.5 Å². The Morgan fingerprint density at radius 2 is 1.77 bits per heavy atom. The lowest BCUT2D eigenvalue weighted by molar-refractivity contribution is -0.147. The quantitative estimate of drug-likeness (QED) is 0.775. The lowest BCUT2D eigenvalue weighted by atomic mass is 10.1. The summed E-state index contributed by atoms with van der Waals surface area (Å²) >= 11 is 0. The molecule has 0 N–H and O–H groups in total. The monoisotopic (exact) mass is 305 g/mol. The van der Waals surface area contributed by atoms with Crippen molar-refractivity contribution in [3.05, 3.63) is 29.8 Å². The van der Waals surface area contributed by atoms with Gasteiger partial charge in [-0.2, -0.15) is 0 Å². The first kappa shape index (κ1) is 16.0. The third-order valence-corrected chi connectivity index (χ3v) is 3.44. The number of nitrogens with zero attached hydrogens (tertiary/aromatic N) is 1. The molecule has 0 bridgehead atoms. The van der Waals surface area contributed by atoms with Gasteiger partial charge in [0.15, 0.2) is 0 Å². The SMILES string of the molecule is CCOC(=O)c1ccc(N2C[C@H](C(=O)OCC)CC2=O)cc1. The predicted octanol–water partition coefficient (Wildman–Crippen LogP) is 1.78. The Morgan fingerprint density at radius 3 is 2.36 bits per heavy atom. The van der Waals surface area contributed by atoms with Gasteiger partial charge in [0.05, 0.1) is 24.7 Å². The summed E-state index contributed by atoms with van der Waals surface area (Å²) < 4.78 is 9.87. The molecule has 1 fully saturated rings.